The zero-order valence-corrected chi connectivity index (χ0v) is 22.7. The normalized spacial score (nSPS) is 14.9. The zero-order valence-electron chi connectivity index (χ0n) is 19.4. The van der Waals surface area contributed by atoms with Crippen molar-refractivity contribution in [2.24, 2.45) is 0 Å². The number of thioether (sulfide) groups is 1. The summed E-state index contributed by atoms with van der Waals surface area (Å²) in [6.07, 6.45) is 1.11. The lowest BCUT2D eigenvalue weighted by Crippen LogP contribution is -2.31. The van der Waals surface area contributed by atoms with Crippen LogP contribution in [0.5, 0.6) is 11.5 Å². The first-order valence-electron chi connectivity index (χ1n) is 11.3. The van der Waals surface area contributed by atoms with E-state index < -0.39 is 5.97 Å². The van der Waals surface area contributed by atoms with E-state index in [-0.39, 0.29) is 36.4 Å². The number of ether oxygens (including phenoxy) is 2. The molecule has 1 aromatic carbocycles. The lowest BCUT2D eigenvalue weighted by atomic mass is 9.94. The van der Waals surface area contributed by atoms with E-state index in [1.807, 2.05) is 54.1 Å². The Labute approximate surface area is 224 Å². The van der Waals surface area contributed by atoms with Gasteiger partial charge in [0.25, 0.3) is 0 Å². The Morgan fingerprint density at radius 3 is 2.28 bits per heavy atom. The van der Waals surface area contributed by atoms with Crippen LogP contribution in [0.2, 0.25) is 0 Å². The molecule has 11 heteroatoms. The minimum Gasteiger partial charge on any atom is -0.422 e. The summed E-state index contributed by atoms with van der Waals surface area (Å²) in [4.78, 5) is 27.3. The predicted molar refractivity (Wildman–Crippen MR) is 144 cm³/mol. The fourth-order valence-corrected chi connectivity index (χ4v) is 7.18. The lowest BCUT2D eigenvalue weighted by molar-refractivity contribution is -0.136. The highest BCUT2D eigenvalue weighted by Gasteiger charge is 2.25. The summed E-state index contributed by atoms with van der Waals surface area (Å²) in [5, 5.41) is 16.6. The average molecular weight is 558 g/mol. The molecule has 0 saturated carbocycles. The molecule has 36 heavy (non-hydrogen) atoms. The van der Waals surface area contributed by atoms with E-state index in [0.717, 1.165) is 48.9 Å². The number of thiophene rings is 2. The highest BCUT2D eigenvalue weighted by Crippen LogP contribution is 2.38. The van der Waals surface area contributed by atoms with Gasteiger partial charge in [0.1, 0.15) is 5.01 Å². The number of nitrogens with zero attached hydrogens (tertiary/aromatic N) is 2. The molecular weight excluding hydrogens is 535 g/mol. The number of aromatic nitrogens is 2. The summed E-state index contributed by atoms with van der Waals surface area (Å²) in [7, 11) is 0. The van der Waals surface area contributed by atoms with Gasteiger partial charge in [-0.1, -0.05) is 35.2 Å². The second-order valence-electron chi connectivity index (χ2n) is 8.11. The van der Waals surface area contributed by atoms with Gasteiger partial charge in [-0.2, -0.15) is 0 Å². The molecule has 1 N–H and O–H groups in total. The van der Waals surface area contributed by atoms with Crippen molar-refractivity contribution in [3.8, 4) is 11.5 Å². The first kappa shape index (κ1) is 25.1. The van der Waals surface area contributed by atoms with Crippen molar-refractivity contribution in [3.05, 3.63) is 73.0 Å². The molecule has 1 unspecified atom stereocenters. The van der Waals surface area contributed by atoms with E-state index in [4.69, 9.17) is 9.47 Å². The third-order valence-corrected chi connectivity index (χ3v) is 9.31. The number of hydrogen-bond acceptors (Lipinski definition) is 11. The van der Waals surface area contributed by atoms with Gasteiger partial charge in [0, 0.05) is 21.5 Å². The maximum absolute atomic E-state index is 12.7. The zero-order chi connectivity index (χ0) is 24.9. The number of esters is 2. The van der Waals surface area contributed by atoms with Crippen molar-refractivity contribution >= 4 is 57.7 Å². The van der Waals surface area contributed by atoms with Gasteiger partial charge < -0.3 is 14.8 Å². The number of benzene rings is 1. The van der Waals surface area contributed by atoms with Crippen LogP contribution < -0.4 is 14.8 Å². The van der Waals surface area contributed by atoms with Crippen molar-refractivity contribution in [1.29, 1.82) is 0 Å². The number of hydrogen-bond donors (Lipinski definition) is 1. The summed E-state index contributed by atoms with van der Waals surface area (Å²) in [5.41, 5.74) is 2.11. The highest BCUT2D eigenvalue weighted by atomic mass is 32.2. The standard InChI is InChI=1S/C25H23N3O4S4/c1-15-27-28-25(36-15)35-14-20-19-13-22(32-24(30)12-18-5-3-9-34-18)21(10-16(19)6-7-26-20)31-23(29)11-17-4-2-8-33-17/h2-5,8-10,13,20,26H,6-7,11-12,14H2,1H3. The topological polar surface area (TPSA) is 90.4 Å². The molecule has 1 aliphatic heterocycles. The van der Waals surface area contributed by atoms with Gasteiger partial charge in [-0.3, -0.25) is 9.59 Å². The molecule has 0 amide bonds. The van der Waals surface area contributed by atoms with Gasteiger partial charge >= 0.3 is 11.9 Å². The molecule has 4 heterocycles. The van der Waals surface area contributed by atoms with Crippen LogP contribution in [-0.4, -0.2) is 34.4 Å². The predicted octanol–water partition coefficient (Wildman–Crippen LogP) is 5.24. The second kappa shape index (κ2) is 11.7. The minimum atomic E-state index is -0.396. The van der Waals surface area contributed by atoms with Gasteiger partial charge in [0.15, 0.2) is 15.8 Å². The summed E-state index contributed by atoms with van der Waals surface area (Å²) in [5.74, 6) is 0.512. The van der Waals surface area contributed by atoms with Crippen molar-refractivity contribution < 1.29 is 19.1 Å². The Kier molecular flexibility index (Phi) is 8.12. The molecule has 0 radical (unpaired) electrons. The fraction of sp³-hybridized carbons (Fsp3) is 0.280. The minimum absolute atomic E-state index is 0.0357. The Hall–Kier alpha value is -2.57. The molecule has 1 aliphatic rings. The van der Waals surface area contributed by atoms with Gasteiger partial charge in [-0.25, -0.2) is 0 Å². The fourth-order valence-electron chi connectivity index (χ4n) is 3.88. The molecule has 186 valence electrons. The summed E-state index contributed by atoms with van der Waals surface area (Å²) < 4.78 is 12.4. The van der Waals surface area contributed by atoms with Crippen LogP contribution in [0.4, 0.5) is 0 Å². The molecule has 0 bridgehead atoms. The molecule has 5 rings (SSSR count). The first-order chi connectivity index (χ1) is 17.5. The van der Waals surface area contributed by atoms with E-state index in [1.54, 1.807) is 23.1 Å². The number of fused-ring (bicyclic) bond motifs is 1. The summed E-state index contributed by atoms with van der Waals surface area (Å²) >= 11 is 6.22. The van der Waals surface area contributed by atoms with Crippen LogP contribution in [-0.2, 0) is 28.9 Å². The molecule has 0 aliphatic carbocycles. The Morgan fingerprint density at radius 1 is 1.03 bits per heavy atom. The summed E-state index contributed by atoms with van der Waals surface area (Å²) in [6, 6.07) is 11.3. The number of aryl methyl sites for hydroxylation is 1. The van der Waals surface area contributed by atoms with Gasteiger partial charge in [0.05, 0.1) is 12.8 Å². The van der Waals surface area contributed by atoms with E-state index in [9.17, 15) is 9.59 Å². The smallest absolute Gasteiger partial charge is 0.316 e. The molecule has 0 spiro atoms. The monoisotopic (exact) mass is 557 g/mol. The Morgan fingerprint density at radius 2 is 1.69 bits per heavy atom. The second-order valence-corrected chi connectivity index (χ2v) is 12.6. The van der Waals surface area contributed by atoms with E-state index in [2.05, 4.69) is 15.5 Å². The average Bonchev–Trinajstić information content (AvgIpc) is 3.62. The van der Waals surface area contributed by atoms with Crippen LogP contribution in [0.25, 0.3) is 0 Å². The Balaban J connectivity index is 1.38. The first-order valence-corrected chi connectivity index (χ1v) is 14.9. The summed E-state index contributed by atoms with van der Waals surface area (Å²) in [6.45, 7) is 2.74. The van der Waals surface area contributed by atoms with Crippen molar-refractivity contribution in [3.63, 3.8) is 0 Å². The maximum Gasteiger partial charge on any atom is 0.316 e. The van der Waals surface area contributed by atoms with Crippen molar-refractivity contribution in [2.45, 2.75) is 36.6 Å². The molecule has 0 fully saturated rings. The molecule has 1 atom stereocenters. The van der Waals surface area contributed by atoms with Crippen molar-refractivity contribution in [1.82, 2.24) is 15.5 Å². The van der Waals surface area contributed by atoms with Gasteiger partial charge in [0.2, 0.25) is 0 Å². The molecule has 3 aromatic heterocycles. The highest BCUT2D eigenvalue weighted by molar-refractivity contribution is 8.01. The lowest BCUT2D eigenvalue weighted by Gasteiger charge is -2.27. The number of rotatable bonds is 9. The molecule has 4 aromatic rings. The van der Waals surface area contributed by atoms with Gasteiger partial charge in [-0.05, 0) is 66.0 Å². The van der Waals surface area contributed by atoms with Crippen LogP contribution in [0.3, 0.4) is 0 Å². The van der Waals surface area contributed by atoms with Crippen molar-refractivity contribution in [2.75, 3.05) is 12.3 Å². The number of carbonyl (C=O) groups excluding carboxylic acids is 2. The maximum atomic E-state index is 12.7. The third-order valence-electron chi connectivity index (χ3n) is 5.49. The molecule has 7 nitrogen and oxygen atoms in total. The quantitative estimate of drug-likeness (QED) is 0.170. The van der Waals surface area contributed by atoms with Crippen LogP contribution in [0.15, 0.2) is 51.5 Å². The molecule has 0 saturated heterocycles. The van der Waals surface area contributed by atoms with E-state index in [1.165, 1.54) is 22.7 Å². The van der Waals surface area contributed by atoms with E-state index in [0.29, 0.717) is 0 Å². The molecular formula is C25H23N3O4S4. The van der Waals surface area contributed by atoms with Crippen LogP contribution in [0, 0.1) is 6.92 Å². The van der Waals surface area contributed by atoms with Crippen LogP contribution >= 0.6 is 45.8 Å². The largest absolute Gasteiger partial charge is 0.422 e. The number of carbonyl (C=O) groups is 2. The SMILES string of the molecule is Cc1nnc(SCC2NCCc3cc(OC(=O)Cc4cccs4)c(OC(=O)Cc4cccs4)cc32)s1. The third kappa shape index (κ3) is 6.40. The number of nitrogens with one attached hydrogen (secondary N) is 1. The van der Waals surface area contributed by atoms with Crippen LogP contribution in [0.1, 0.15) is 31.9 Å². The van der Waals surface area contributed by atoms with Gasteiger partial charge in [-0.15, -0.1) is 32.9 Å². The Bertz CT molecular complexity index is 1340. The van der Waals surface area contributed by atoms with E-state index >= 15 is 0 Å².